The average molecular weight is 210 g/mol. The molecule has 0 radical (unpaired) electrons. The summed E-state index contributed by atoms with van der Waals surface area (Å²) in [5.74, 6) is 3.00. The predicted octanol–water partition coefficient (Wildman–Crippen LogP) is 5.42. The molecule has 1 aliphatic carbocycles. The smallest absolute Gasteiger partial charge is 0.0414 e. The van der Waals surface area contributed by atoms with E-state index in [9.17, 15) is 0 Å². The maximum Gasteiger partial charge on any atom is -0.0414 e. The van der Waals surface area contributed by atoms with Gasteiger partial charge >= 0.3 is 0 Å². The van der Waals surface area contributed by atoms with Crippen LogP contribution >= 0.6 is 0 Å². The molecule has 0 nitrogen and oxygen atoms in total. The summed E-state index contributed by atoms with van der Waals surface area (Å²) in [6.07, 6.45) is 13.4. The van der Waals surface area contributed by atoms with Crippen molar-refractivity contribution < 1.29 is 0 Å². The summed E-state index contributed by atoms with van der Waals surface area (Å²) in [6, 6.07) is 0. The van der Waals surface area contributed by atoms with Gasteiger partial charge in [0.15, 0.2) is 0 Å². The lowest BCUT2D eigenvalue weighted by Gasteiger charge is -2.26. The van der Waals surface area contributed by atoms with Crippen LogP contribution in [-0.4, -0.2) is 0 Å². The van der Waals surface area contributed by atoms with E-state index in [-0.39, 0.29) is 0 Å². The first-order valence-corrected chi connectivity index (χ1v) is 7.18. The fraction of sp³-hybridized carbons (Fsp3) is 1.00. The van der Waals surface area contributed by atoms with Crippen LogP contribution in [-0.2, 0) is 0 Å². The van der Waals surface area contributed by atoms with Crippen LogP contribution in [0.1, 0.15) is 78.6 Å². The van der Waals surface area contributed by atoms with Crippen molar-refractivity contribution in [2.45, 2.75) is 78.6 Å². The Morgan fingerprint density at radius 2 is 1.60 bits per heavy atom. The Hall–Kier alpha value is 0. The van der Waals surface area contributed by atoms with Crippen LogP contribution < -0.4 is 0 Å². The molecule has 15 heavy (non-hydrogen) atoms. The Morgan fingerprint density at radius 1 is 0.933 bits per heavy atom. The maximum absolute atomic E-state index is 2.42. The fourth-order valence-electron chi connectivity index (χ4n) is 2.78. The van der Waals surface area contributed by atoms with Crippen molar-refractivity contribution in [2.24, 2.45) is 17.8 Å². The van der Waals surface area contributed by atoms with Gasteiger partial charge < -0.3 is 0 Å². The van der Waals surface area contributed by atoms with Gasteiger partial charge in [0.2, 0.25) is 0 Å². The van der Waals surface area contributed by atoms with Crippen LogP contribution in [0, 0.1) is 17.8 Å². The lowest BCUT2D eigenvalue weighted by molar-refractivity contribution is 0.271. The van der Waals surface area contributed by atoms with Gasteiger partial charge in [0.1, 0.15) is 0 Å². The minimum absolute atomic E-state index is 0.903. The Bertz CT molecular complexity index is 140. The van der Waals surface area contributed by atoms with Gasteiger partial charge in [-0.25, -0.2) is 0 Å². The third-order valence-electron chi connectivity index (χ3n) is 4.03. The fourth-order valence-corrected chi connectivity index (χ4v) is 2.78. The molecule has 0 saturated heterocycles. The molecule has 0 N–H and O–H groups in total. The second kappa shape index (κ2) is 7.30. The van der Waals surface area contributed by atoms with Crippen molar-refractivity contribution in [3.63, 3.8) is 0 Å². The molecular weight excluding hydrogens is 180 g/mol. The highest BCUT2D eigenvalue weighted by atomic mass is 14.2. The molecule has 0 atom stereocenters. The van der Waals surface area contributed by atoms with Gasteiger partial charge in [-0.3, -0.25) is 0 Å². The standard InChI is InChI=1S/C15H30/c1-13(2)7-5-4-6-8-15-11-9-14(3)10-12-15/h13-15H,4-12H2,1-3H3. The lowest BCUT2D eigenvalue weighted by Crippen LogP contribution is -2.12. The second-order valence-corrected chi connectivity index (χ2v) is 6.16. The van der Waals surface area contributed by atoms with Crippen LogP contribution in [0.5, 0.6) is 0 Å². The number of hydrogen-bond acceptors (Lipinski definition) is 0. The molecule has 1 saturated carbocycles. The molecule has 0 aromatic carbocycles. The molecule has 1 rings (SSSR count). The van der Waals surface area contributed by atoms with E-state index in [1.54, 1.807) is 0 Å². The topological polar surface area (TPSA) is 0 Å². The predicted molar refractivity (Wildman–Crippen MR) is 69.0 cm³/mol. The Morgan fingerprint density at radius 3 is 2.20 bits per heavy atom. The van der Waals surface area contributed by atoms with Gasteiger partial charge in [0.05, 0.1) is 0 Å². The zero-order valence-electron chi connectivity index (χ0n) is 11.1. The monoisotopic (exact) mass is 210 g/mol. The normalized spacial score (nSPS) is 27.2. The van der Waals surface area contributed by atoms with Crippen LogP contribution in [0.2, 0.25) is 0 Å². The summed E-state index contributed by atoms with van der Waals surface area (Å²) in [5, 5.41) is 0. The van der Waals surface area contributed by atoms with Crippen molar-refractivity contribution in [3.05, 3.63) is 0 Å². The Kier molecular flexibility index (Phi) is 6.36. The molecule has 0 aliphatic heterocycles. The molecular formula is C15H30. The molecule has 1 aliphatic rings. The zero-order valence-corrected chi connectivity index (χ0v) is 11.1. The summed E-state index contributed by atoms with van der Waals surface area (Å²) >= 11 is 0. The summed E-state index contributed by atoms with van der Waals surface area (Å²) in [4.78, 5) is 0. The van der Waals surface area contributed by atoms with Gasteiger partial charge in [-0.15, -0.1) is 0 Å². The molecule has 1 fully saturated rings. The average Bonchev–Trinajstić information content (AvgIpc) is 2.20. The number of rotatable bonds is 6. The number of hydrogen-bond donors (Lipinski definition) is 0. The van der Waals surface area contributed by atoms with Gasteiger partial charge in [-0.05, 0) is 17.8 Å². The third-order valence-corrected chi connectivity index (χ3v) is 4.03. The lowest BCUT2D eigenvalue weighted by atomic mass is 9.80. The van der Waals surface area contributed by atoms with E-state index in [0.717, 1.165) is 17.8 Å². The van der Waals surface area contributed by atoms with Crippen LogP contribution in [0.4, 0.5) is 0 Å². The SMILES string of the molecule is CC(C)CCCCCC1CCC(C)CC1. The Labute approximate surface area is 96.8 Å². The third kappa shape index (κ3) is 6.22. The summed E-state index contributed by atoms with van der Waals surface area (Å²) in [7, 11) is 0. The second-order valence-electron chi connectivity index (χ2n) is 6.16. The van der Waals surface area contributed by atoms with Crippen molar-refractivity contribution in [2.75, 3.05) is 0 Å². The van der Waals surface area contributed by atoms with Crippen molar-refractivity contribution in [1.29, 1.82) is 0 Å². The van der Waals surface area contributed by atoms with Crippen LogP contribution in [0.3, 0.4) is 0 Å². The molecule has 0 unspecified atom stereocenters. The molecule has 0 amide bonds. The maximum atomic E-state index is 2.42. The summed E-state index contributed by atoms with van der Waals surface area (Å²) in [6.45, 7) is 7.09. The molecule has 0 spiro atoms. The first-order valence-electron chi connectivity index (χ1n) is 7.18. The van der Waals surface area contributed by atoms with E-state index in [0.29, 0.717) is 0 Å². The largest absolute Gasteiger partial charge is 0.0628 e. The van der Waals surface area contributed by atoms with E-state index in [1.807, 2.05) is 0 Å². The molecule has 0 aromatic heterocycles. The quantitative estimate of drug-likeness (QED) is 0.514. The highest BCUT2D eigenvalue weighted by Gasteiger charge is 2.17. The van der Waals surface area contributed by atoms with Crippen molar-refractivity contribution >= 4 is 0 Å². The van der Waals surface area contributed by atoms with E-state index >= 15 is 0 Å². The summed E-state index contributed by atoms with van der Waals surface area (Å²) < 4.78 is 0. The minimum atomic E-state index is 0.903. The van der Waals surface area contributed by atoms with Gasteiger partial charge in [-0.1, -0.05) is 78.6 Å². The van der Waals surface area contributed by atoms with E-state index < -0.39 is 0 Å². The highest BCUT2D eigenvalue weighted by Crippen LogP contribution is 2.31. The highest BCUT2D eigenvalue weighted by molar-refractivity contribution is 4.69. The van der Waals surface area contributed by atoms with Gasteiger partial charge in [0.25, 0.3) is 0 Å². The summed E-state index contributed by atoms with van der Waals surface area (Å²) in [5.41, 5.74) is 0. The first kappa shape index (κ1) is 13.1. The van der Waals surface area contributed by atoms with E-state index in [2.05, 4.69) is 20.8 Å². The zero-order chi connectivity index (χ0) is 11.1. The van der Waals surface area contributed by atoms with Crippen molar-refractivity contribution in [3.8, 4) is 0 Å². The van der Waals surface area contributed by atoms with E-state index in [4.69, 9.17) is 0 Å². The van der Waals surface area contributed by atoms with E-state index in [1.165, 1.54) is 57.8 Å². The first-order chi connectivity index (χ1) is 7.18. The van der Waals surface area contributed by atoms with Crippen LogP contribution in [0.15, 0.2) is 0 Å². The molecule has 0 heteroatoms. The Balaban J connectivity index is 1.91. The molecule has 90 valence electrons. The molecule has 0 bridgehead atoms. The van der Waals surface area contributed by atoms with Crippen LogP contribution in [0.25, 0.3) is 0 Å². The van der Waals surface area contributed by atoms with Crippen molar-refractivity contribution in [1.82, 2.24) is 0 Å². The van der Waals surface area contributed by atoms with Gasteiger partial charge in [-0.2, -0.15) is 0 Å². The number of unbranched alkanes of at least 4 members (excludes halogenated alkanes) is 2. The molecule has 0 aromatic rings. The van der Waals surface area contributed by atoms with Gasteiger partial charge in [0, 0.05) is 0 Å². The molecule has 0 heterocycles. The minimum Gasteiger partial charge on any atom is -0.0628 e.